The minimum atomic E-state index is -0.0986. The minimum absolute atomic E-state index is 0.0745. The molecule has 1 aromatic heterocycles. The predicted molar refractivity (Wildman–Crippen MR) is 54.5 cm³/mol. The van der Waals surface area contributed by atoms with Crippen molar-refractivity contribution in [3.05, 3.63) is 18.2 Å². The second-order valence-corrected chi connectivity index (χ2v) is 3.96. The number of nitrogens with zero attached hydrogens (tertiary/aromatic N) is 2. The van der Waals surface area contributed by atoms with E-state index in [1.807, 2.05) is 0 Å². The number of ether oxygens (including phenoxy) is 1. The Labute approximate surface area is 88.4 Å². The van der Waals surface area contributed by atoms with Crippen LogP contribution in [0.15, 0.2) is 12.4 Å². The highest BCUT2D eigenvalue weighted by Gasteiger charge is 2.49. The summed E-state index contributed by atoms with van der Waals surface area (Å²) >= 11 is 0. The number of imidazole rings is 1. The number of likely N-dealkylation sites (N-methyl/N-ethyl adjacent to an activating group) is 1. The molecule has 5 heteroatoms. The van der Waals surface area contributed by atoms with Crippen LogP contribution in [-0.4, -0.2) is 47.1 Å². The van der Waals surface area contributed by atoms with Crippen LogP contribution in [-0.2, 0) is 4.74 Å². The number of methoxy groups -OCH3 is 1. The second kappa shape index (κ2) is 3.66. The van der Waals surface area contributed by atoms with Gasteiger partial charge in [0, 0.05) is 26.6 Å². The Hall–Kier alpha value is -1.36. The lowest BCUT2D eigenvalue weighted by Crippen LogP contribution is -2.42. The van der Waals surface area contributed by atoms with E-state index in [0.717, 1.165) is 12.8 Å². The van der Waals surface area contributed by atoms with Crippen molar-refractivity contribution in [3.8, 4) is 0 Å². The maximum atomic E-state index is 11.9. The molecular formula is C10H15N3O2. The van der Waals surface area contributed by atoms with Gasteiger partial charge >= 0.3 is 0 Å². The zero-order valence-electron chi connectivity index (χ0n) is 8.99. The molecular weight excluding hydrogens is 194 g/mol. The first-order valence-corrected chi connectivity index (χ1v) is 4.96. The fraction of sp³-hybridized carbons (Fsp3) is 0.600. The zero-order valence-corrected chi connectivity index (χ0v) is 8.99. The second-order valence-electron chi connectivity index (χ2n) is 3.96. The smallest absolute Gasteiger partial charge is 0.289 e. The Kier molecular flexibility index (Phi) is 2.48. The van der Waals surface area contributed by atoms with Crippen LogP contribution < -0.4 is 0 Å². The van der Waals surface area contributed by atoms with Gasteiger partial charge in [-0.05, 0) is 12.8 Å². The van der Waals surface area contributed by atoms with Gasteiger partial charge in [-0.15, -0.1) is 0 Å². The van der Waals surface area contributed by atoms with E-state index < -0.39 is 0 Å². The minimum Gasteiger partial charge on any atom is -0.382 e. The summed E-state index contributed by atoms with van der Waals surface area (Å²) in [4.78, 5) is 20.4. The molecule has 0 radical (unpaired) electrons. The van der Waals surface area contributed by atoms with E-state index in [4.69, 9.17) is 4.74 Å². The van der Waals surface area contributed by atoms with Gasteiger partial charge in [-0.2, -0.15) is 0 Å². The van der Waals surface area contributed by atoms with Crippen LogP contribution in [0.4, 0.5) is 0 Å². The summed E-state index contributed by atoms with van der Waals surface area (Å²) in [5.74, 6) is 0.314. The van der Waals surface area contributed by atoms with Gasteiger partial charge in [0.2, 0.25) is 0 Å². The molecule has 2 rings (SSSR count). The Bertz CT molecular complexity index is 344. The van der Waals surface area contributed by atoms with Gasteiger partial charge in [0.15, 0.2) is 5.82 Å². The molecule has 1 aromatic rings. The molecule has 0 spiro atoms. The summed E-state index contributed by atoms with van der Waals surface area (Å²) in [5, 5.41) is 0. The van der Waals surface area contributed by atoms with Gasteiger partial charge in [0.25, 0.3) is 5.91 Å². The molecule has 0 aromatic carbocycles. The molecule has 82 valence electrons. The number of carbonyl (C=O) groups excluding carboxylic acids is 1. The summed E-state index contributed by atoms with van der Waals surface area (Å²) in [5.41, 5.74) is -0.0986. The molecule has 1 aliphatic rings. The summed E-state index contributed by atoms with van der Waals surface area (Å²) < 4.78 is 5.13. The van der Waals surface area contributed by atoms with Crippen molar-refractivity contribution in [1.29, 1.82) is 0 Å². The molecule has 15 heavy (non-hydrogen) atoms. The molecule has 0 atom stereocenters. The number of amides is 1. The molecule has 1 aliphatic carbocycles. The topological polar surface area (TPSA) is 58.2 Å². The van der Waals surface area contributed by atoms with Gasteiger partial charge in [-0.25, -0.2) is 4.98 Å². The number of nitrogens with one attached hydrogen (secondary N) is 1. The first kappa shape index (κ1) is 10.2. The van der Waals surface area contributed by atoms with Crippen molar-refractivity contribution < 1.29 is 9.53 Å². The number of hydrogen-bond acceptors (Lipinski definition) is 3. The molecule has 5 nitrogen and oxygen atoms in total. The molecule has 1 heterocycles. The fourth-order valence-corrected chi connectivity index (χ4v) is 1.75. The predicted octanol–water partition coefficient (Wildman–Crippen LogP) is 0.661. The molecule has 1 amide bonds. The number of hydrogen-bond donors (Lipinski definition) is 1. The quantitative estimate of drug-likeness (QED) is 0.792. The highest BCUT2D eigenvalue weighted by atomic mass is 16.5. The lowest BCUT2D eigenvalue weighted by Gasteiger charge is -2.26. The molecule has 0 aliphatic heterocycles. The first-order chi connectivity index (χ1) is 7.19. The first-order valence-electron chi connectivity index (χ1n) is 4.96. The summed E-state index contributed by atoms with van der Waals surface area (Å²) in [6, 6.07) is 0. The zero-order chi connectivity index (χ0) is 10.9. The number of aromatic amines is 1. The van der Waals surface area contributed by atoms with Crippen molar-refractivity contribution >= 4 is 5.91 Å². The van der Waals surface area contributed by atoms with E-state index in [-0.39, 0.29) is 11.4 Å². The van der Waals surface area contributed by atoms with Crippen LogP contribution in [0, 0.1) is 0 Å². The molecule has 0 bridgehead atoms. The van der Waals surface area contributed by atoms with Crippen LogP contribution in [0.3, 0.4) is 0 Å². The molecule has 1 N–H and O–H groups in total. The molecule has 0 saturated heterocycles. The van der Waals surface area contributed by atoms with Crippen molar-refractivity contribution in [3.63, 3.8) is 0 Å². The Morgan fingerprint density at radius 3 is 2.93 bits per heavy atom. The standard InChI is InChI=1S/C10H15N3O2/c1-13(10(3-4-10)7-15-2)9(14)8-11-5-6-12-8/h5-6H,3-4,7H2,1-2H3,(H,11,12). The largest absolute Gasteiger partial charge is 0.382 e. The summed E-state index contributed by atoms with van der Waals surface area (Å²) in [6.45, 7) is 0.593. The summed E-state index contributed by atoms with van der Waals surface area (Å²) in [7, 11) is 3.46. The van der Waals surface area contributed by atoms with Crippen molar-refractivity contribution in [2.75, 3.05) is 20.8 Å². The average molecular weight is 209 g/mol. The van der Waals surface area contributed by atoms with Gasteiger partial charge in [0.1, 0.15) is 0 Å². The lowest BCUT2D eigenvalue weighted by molar-refractivity contribution is 0.0541. The SMILES string of the molecule is COCC1(N(C)C(=O)c2ncc[nH]2)CC1. The van der Waals surface area contributed by atoms with E-state index >= 15 is 0 Å². The third-order valence-corrected chi connectivity index (χ3v) is 2.96. The van der Waals surface area contributed by atoms with Crippen LogP contribution >= 0.6 is 0 Å². The molecule has 0 unspecified atom stereocenters. The van der Waals surface area contributed by atoms with E-state index in [1.54, 1.807) is 31.5 Å². The number of aromatic nitrogens is 2. The lowest BCUT2D eigenvalue weighted by atomic mass is 10.2. The highest BCUT2D eigenvalue weighted by molar-refractivity contribution is 5.91. The monoisotopic (exact) mass is 209 g/mol. The Balaban J connectivity index is 2.08. The highest BCUT2D eigenvalue weighted by Crippen LogP contribution is 2.41. The maximum absolute atomic E-state index is 11.9. The Morgan fingerprint density at radius 2 is 2.47 bits per heavy atom. The van der Waals surface area contributed by atoms with Crippen LogP contribution in [0.5, 0.6) is 0 Å². The van der Waals surface area contributed by atoms with Gasteiger partial charge in [-0.1, -0.05) is 0 Å². The van der Waals surface area contributed by atoms with E-state index in [2.05, 4.69) is 9.97 Å². The molecule has 1 fully saturated rings. The van der Waals surface area contributed by atoms with E-state index in [9.17, 15) is 4.79 Å². The van der Waals surface area contributed by atoms with Gasteiger partial charge < -0.3 is 14.6 Å². The van der Waals surface area contributed by atoms with Crippen molar-refractivity contribution in [2.24, 2.45) is 0 Å². The van der Waals surface area contributed by atoms with Gasteiger partial charge in [-0.3, -0.25) is 4.79 Å². The third-order valence-electron chi connectivity index (χ3n) is 2.96. The van der Waals surface area contributed by atoms with E-state index in [0.29, 0.717) is 12.4 Å². The van der Waals surface area contributed by atoms with Crippen molar-refractivity contribution in [1.82, 2.24) is 14.9 Å². The summed E-state index contributed by atoms with van der Waals surface area (Å²) in [6.07, 6.45) is 5.24. The number of carbonyl (C=O) groups is 1. The average Bonchev–Trinajstić information content (AvgIpc) is 2.82. The van der Waals surface area contributed by atoms with Crippen LogP contribution in [0.1, 0.15) is 23.5 Å². The van der Waals surface area contributed by atoms with Crippen LogP contribution in [0.2, 0.25) is 0 Å². The van der Waals surface area contributed by atoms with Crippen LogP contribution in [0.25, 0.3) is 0 Å². The van der Waals surface area contributed by atoms with E-state index in [1.165, 1.54) is 0 Å². The number of rotatable bonds is 4. The maximum Gasteiger partial charge on any atom is 0.289 e. The normalized spacial score (nSPS) is 17.5. The molecule has 1 saturated carbocycles. The Morgan fingerprint density at radius 1 is 1.73 bits per heavy atom. The number of H-pyrrole nitrogens is 1. The third kappa shape index (κ3) is 1.74. The fourth-order valence-electron chi connectivity index (χ4n) is 1.75. The van der Waals surface area contributed by atoms with Crippen molar-refractivity contribution in [2.45, 2.75) is 18.4 Å². The van der Waals surface area contributed by atoms with Gasteiger partial charge in [0.05, 0.1) is 12.1 Å².